The van der Waals surface area contributed by atoms with Gasteiger partial charge in [0.15, 0.2) is 5.13 Å². The summed E-state index contributed by atoms with van der Waals surface area (Å²) in [4.78, 5) is 17.9. The topological polar surface area (TPSA) is 80.0 Å². The van der Waals surface area contributed by atoms with Crippen LogP contribution in [0.2, 0.25) is 0 Å². The third-order valence-electron chi connectivity index (χ3n) is 2.57. The molecule has 2 aromatic rings. The van der Waals surface area contributed by atoms with Crippen molar-refractivity contribution in [2.24, 2.45) is 5.92 Å². The molecule has 8 heteroatoms. The second-order valence-corrected chi connectivity index (χ2v) is 8.44. The van der Waals surface area contributed by atoms with E-state index >= 15 is 0 Å². The molecular weight excluding hydrogens is 372 g/mol. The molecule has 21 heavy (non-hydrogen) atoms. The van der Waals surface area contributed by atoms with E-state index in [1.165, 1.54) is 11.3 Å². The zero-order chi connectivity index (χ0) is 15.4. The van der Waals surface area contributed by atoms with Gasteiger partial charge in [0.25, 0.3) is 5.91 Å². The normalized spacial score (nSPS) is 10.9. The quantitative estimate of drug-likeness (QED) is 0.706. The zero-order valence-electron chi connectivity index (χ0n) is 11.8. The fourth-order valence-electron chi connectivity index (χ4n) is 1.56. The van der Waals surface area contributed by atoms with Crippen molar-refractivity contribution >= 4 is 55.5 Å². The van der Waals surface area contributed by atoms with Crippen LogP contribution in [0, 0.1) is 5.92 Å². The summed E-state index contributed by atoms with van der Waals surface area (Å²) < 4.78 is 1.05. The highest BCUT2D eigenvalue weighted by atomic mass is 79.9. The van der Waals surface area contributed by atoms with Gasteiger partial charge in [0.1, 0.15) is 10.7 Å². The van der Waals surface area contributed by atoms with Crippen LogP contribution in [0.25, 0.3) is 0 Å². The third kappa shape index (κ3) is 4.69. The zero-order valence-corrected chi connectivity index (χ0v) is 15.0. The van der Waals surface area contributed by atoms with Gasteiger partial charge >= 0.3 is 0 Å². The Morgan fingerprint density at radius 1 is 1.43 bits per heavy atom. The van der Waals surface area contributed by atoms with E-state index in [9.17, 15) is 4.79 Å². The van der Waals surface area contributed by atoms with Gasteiger partial charge in [0.2, 0.25) is 0 Å². The molecule has 0 radical (unpaired) electrons. The number of aromatic nitrogens is 1. The average Bonchev–Trinajstić information content (AvgIpc) is 3.00. The largest absolute Gasteiger partial charge is 0.382 e. The van der Waals surface area contributed by atoms with Crippen molar-refractivity contribution in [3.63, 3.8) is 0 Å². The second kappa shape index (κ2) is 7.24. The van der Waals surface area contributed by atoms with E-state index in [-0.39, 0.29) is 11.7 Å². The molecule has 0 saturated heterocycles. The number of nitrogens with zero attached hydrogens (tertiary/aromatic N) is 1. The SMILES string of the molecule is CC(C)CNc1nc(N)c(C(=O)NCc2ccc(Br)s2)s1. The summed E-state index contributed by atoms with van der Waals surface area (Å²) in [5.74, 6) is 0.591. The molecule has 0 aliphatic carbocycles. The lowest BCUT2D eigenvalue weighted by Crippen LogP contribution is -2.22. The number of nitrogen functional groups attached to an aromatic ring is 1. The van der Waals surface area contributed by atoms with Crippen molar-refractivity contribution in [3.05, 3.63) is 25.7 Å². The van der Waals surface area contributed by atoms with Crippen LogP contribution < -0.4 is 16.4 Å². The van der Waals surface area contributed by atoms with Crippen LogP contribution in [0.5, 0.6) is 0 Å². The van der Waals surface area contributed by atoms with Gasteiger partial charge in [-0.3, -0.25) is 4.79 Å². The van der Waals surface area contributed by atoms with E-state index in [4.69, 9.17) is 5.73 Å². The Balaban J connectivity index is 1.95. The summed E-state index contributed by atoms with van der Waals surface area (Å²) in [7, 11) is 0. The lowest BCUT2D eigenvalue weighted by molar-refractivity contribution is 0.0956. The van der Waals surface area contributed by atoms with Gasteiger partial charge in [-0.15, -0.1) is 11.3 Å². The van der Waals surface area contributed by atoms with Crippen LogP contribution in [-0.2, 0) is 6.54 Å². The molecule has 0 bridgehead atoms. The Morgan fingerprint density at radius 3 is 2.81 bits per heavy atom. The first-order valence-electron chi connectivity index (χ1n) is 6.48. The van der Waals surface area contributed by atoms with Crippen molar-refractivity contribution in [3.8, 4) is 0 Å². The highest BCUT2D eigenvalue weighted by Crippen LogP contribution is 2.26. The predicted molar refractivity (Wildman–Crippen MR) is 93.0 cm³/mol. The second-order valence-electron chi connectivity index (χ2n) is 4.90. The van der Waals surface area contributed by atoms with Crippen molar-refractivity contribution in [2.75, 3.05) is 17.6 Å². The van der Waals surface area contributed by atoms with Gasteiger partial charge in [-0.25, -0.2) is 4.98 Å². The van der Waals surface area contributed by atoms with Gasteiger partial charge in [-0.05, 0) is 34.0 Å². The number of halogens is 1. The van der Waals surface area contributed by atoms with E-state index in [1.807, 2.05) is 12.1 Å². The third-order valence-corrected chi connectivity index (χ3v) is 5.22. The number of hydrogen-bond donors (Lipinski definition) is 3. The van der Waals surface area contributed by atoms with Gasteiger partial charge < -0.3 is 16.4 Å². The minimum atomic E-state index is -0.188. The lowest BCUT2D eigenvalue weighted by Gasteiger charge is -2.04. The van der Waals surface area contributed by atoms with E-state index in [1.54, 1.807) is 11.3 Å². The Hall–Kier alpha value is -1.12. The van der Waals surface area contributed by atoms with Crippen molar-refractivity contribution in [1.82, 2.24) is 10.3 Å². The molecule has 4 N–H and O–H groups in total. The molecule has 0 aromatic carbocycles. The first-order valence-corrected chi connectivity index (χ1v) is 8.91. The van der Waals surface area contributed by atoms with Crippen LogP contribution >= 0.6 is 38.6 Å². The maximum atomic E-state index is 12.1. The molecule has 0 saturated carbocycles. The van der Waals surface area contributed by atoms with E-state index in [2.05, 4.69) is 45.4 Å². The van der Waals surface area contributed by atoms with Crippen LogP contribution in [0.15, 0.2) is 15.9 Å². The molecule has 114 valence electrons. The van der Waals surface area contributed by atoms with Crippen LogP contribution in [0.1, 0.15) is 28.4 Å². The van der Waals surface area contributed by atoms with E-state index < -0.39 is 0 Å². The predicted octanol–water partition coefficient (Wildman–Crippen LogP) is 3.55. The number of carbonyl (C=O) groups is 1. The highest BCUT2D eigenvalue weighted by Gasteiger charge is 2.16. The number of amides is 1. The summed E-state index contributed by atoms with van der Waals surface area (Å²) in [6.45, 7) is 5.51. The first kappa shape index (κ1) is 16.3. The van der Waals surface area contributed by atoms with Crippen molar-refractivity contribution in [2.45, 2.75) is 20.4 Å². The van der Waals surface area contributed by atoms with Crippen molar-refractivity contribution in [1.29, 1.82) is 0 Å². The number of nitrogens with two attached hydrogens (primary N) is 1. The number of carbonyl (C=O) groups excluding carboxylic acids is 1. The number of hydrogen-bond acceptors (Lipinski definition) is 6. The standard InChI is InChI=1S/C13H17BrN4OS2/c1-7(2)5-17-13-18-11(15)10(21-13)12(19)16-6-8-3-4-9(14)20-8/h3-4,7H,5-6,15H2,1-2H3,(H,16,19)(H,17,18). The summed E-state index contributed by atoms with van der Waals surface area (Å²) in [5.41, 5.74) is 5.82. The monoisotopic (exact) mass is 388 g/mol. The Labute approximate surface area is 140 Å². The Morgan fingerprint density at radius 2 is 2.19 bits per heavy atom. The fraction of sp³-hybridized carbons (Fsp3) is 0.385. The number of anilines is 2. The molecule has 0 unspecified atom stereocenters. The number of rotatable bonds is 6. The molecule has 5 nitrogen and oxygen atoms in total. The minimum Gasteiger partial charge on any atom is -0.382 e. The molecular formula is C13H17BrN4OS2. The average molecular weight is 389 g/mol. The number of thiazole rings is 1. The van der Waals surface area contributed by atoms with Gasteiger partial charge in [0, 0.05) is 11.4 Å². The van der Waals surface area contributed by atoms with Crippen LogP contribution in [-0.4, -0.2) is 17.4 Å². The smallest absolute Gasteiger partial charge is 0.265 e. The van der Waals surface area contributed by atoms with E-state index in [0.29, 0.717) is 22.5 Å². The first-order chi connectivity index (χ1) is 9.95. The summed E-state index contributed by atoms with van der Waals surface area (Å²) in [6, 6.07) is 3.93. The summed E-state index contributed by atoms with van der Waals surface area (Å²) in [6.07, 6.45) is 0. The fourth-order valence-corrected chi connectivity index (χ4v) is 3.79. The van der Waals surface area contributed by atoms with Gasteiger partial charge in [-0.1, -0.05) is 25.2 Å². The van der Waals surface area contributed by atoms with Gasteiger partial charge in [-0.2, -0.15) is 0 Å². The molecule has 2 heterocycles. The van der Waals surface area contributed by atoms with Crippen molar-refractivity contribution < 1.29 is 4.79 Å². The lowest BCUT2D eigenvalue weighted by atomic mass is 10.2. The molecule has 1 amide bonds. The Kier molecular flexibility index (Phi) is 5.60. The van der Waals surface area contributed by atoms with Crippen LogP contribution in [0.4, 0.5) is 10.9 Å². The van der Waals surface area contributed by atoms with Crippen LogP contribution in [0.3, 0.4) is 0 Å². The molecule has 0 atom stereocenters. The maximum absolute atomic E-state index is 12.1. The molecule has 0 aliphatic rings. The molecule has 2 aromatic heterocycles. The Bertz CT molecular complexity index is 623. The molecule has 0 fully saturated rings. The van der Waals surface area contributed by atoms with Gasteiger partial charge in [0.05, 0.1) is 10.3 Å². The number of thiophene rings is 1. The van der Waals surface area contributed by atoms with E-state index in [0.717, 1.165) is 15.2 Å². The minimum absolute atomic E-state index is 0.188. The summed E-state index contributed by atoms with van der Waals surface area (Å²) >= 11 is 6.27. The highest BCUT2D eigenvalue weighted by molar-refractivity contribution is 9.11. The molecule has 2 rings (SSSR count). The number of nitrogens with one attached hydrogen (secondary N) is 2. The summed E-state index contributed by atoms with van der Waals surface area (Å²) in [5, 5.41) is 6.73. The maximum Gasteiger partial charge on any atom is 0.265 e. The molecule has 0 aliphatic heterocycles. The molecule has 0 spiro atoms.